The first kappa shape index (κ1) is 23.7. The lowest BCUT2D eigenvalue weighted by Gasteiger charge is -2.21. The number of halogens is 1. The Balaban J connectivity index is 0.00000300. The Bertz CT molecular complexity index is 734. The molecule has 1 aromatic heterocycles. The van der Waals surface area contributed by atoms with Gasteiger partial charge in [0.05, 0.1) is 12.8 Å². The van der Waals surface area contributed by atoms with Crippen molar-refractivity contribution in [3.05, 3.63) is 53.9 Å². The van der Waals surface area contributed by atoms with Crippen molar-refractivity contribution in [1.82, 2.24) is 20.0 Å². The van der Waals surface area contributed by atoms with Crippen LogP contribution in [0.5, 0.6) is 0 Å². The molecule has 29 heavy (non-hydrogen) atoms. The Kier molecular flexibility index (Phi) is 10.5. The lowest BCUT2D eigenvalue weighted by molar-refractivity contribution is 0.133. The highest BCUT2D eigenvalue weighted by atomic mass is 127. The maximum absolute atomic E-state index is 5.76. The van der Waals surface area contributed by atoms with Gasteiger partial charge in [0.25, 0.3) is 0 Å². The smallest absolute Gasteiger partial charge is 0.193 e. The van der Waals surface area contributed by atoms with E-state index in [1.807, 2.05) is 31.0 Å². The normalized spacial score (nSPS) is 16.7. The minimum absolute atomic E-state index is 0. The molecule has 1 atom stereocenters. The number of nitrogens with zero attached hydrogens (tertiary/aromatic N) is 4. The first-order valence-corrected chi connectivity index (χ1v) is 10.3. The fraction of sp³-hybridized carbons (Fsp3) is 0.545. The largest absolute Gasteiger partial charge is 0.381 e. The number of rotatable bonds is 9. The molecule has 0 bridgehead atoms. The Morgan fingerprint density at radius 1 is 1.24 bits per heavy atom. The molecule has 1 aliphatic heterocycles. The molecule has 0 amide bonds. The maximum Gasteiger partial charge on any atom is 0.193 e. The van der Waals surface area contributed by atoms with Crippen molar-refractivity contribution >= 4 is 29.9 Å². The second kappa shape index (κ2) is 12.8. The third-order valence-corrected chi connectivity index (χ3v) is 5.27. The maximum atomic E-state index is 5.76. The van der Waals surface area contributed by atoms with Crippen LogP contribution in [-0.2, 0) is 18.2 Å². The number of ether oxygens (including phenoxy) is 1. The number of aromatic nitrogens is 2. The second-order valence-electron chi connectivity index (χ2n) is 7.41. The number of unbranched alkanes of at least 4 members (excludes halogenated alkanes) is 1. The van der Waals surface area contributed by atoms with Gasteiger partial charge in [-0.3, -0.25) is 9.67 Å². The molecule has 1 saturated heterocycles. The minimum atomic E-state index is 0. The van der Waals surface area contributed by atoms with Crippen LogP contribution in [-0.4, -0.2) is 60.5 Å². The van der Waals surface area contributed by atoms with E-state index in [2.05, 4.69) is 50.8 Å². The van der Waals surface area contributed by atoms with Gasteiger partial charge in [-0.05, 0) is 36.8 Å². The highest BCUT2D eigenvalue weighted by Crippen LogP contribution is 2.26. The molecular weight excluding hydrogens is 477 g/mol. The van der Waals surface area contributed by atoms with Crippen LogP contribution in [0.4, 0.5) is 0 Å². The predicted octanol–water partition coefficient (Wildman–Crippen LogP) is 3.44. The summed E-state index contributed by atoms with van der Waals surface area (Å²) in [4.78, 5) is 6.82. The standard InChI is InChI=1S/C22H33N5O.HI/c1-23-22(27-13-10-20(18-27)21-16-25-26(2)17-21)24-12-6-7-14-28-15-11-19-8-4-3-5-9-19;/h3-5,8-9,16-17,20H,6-7,10-15,18H2,1-2H3,(H,23,24);1H. The van der Waals surface area contributed by atoms with Crippen molar-refractivity contribution in [3.63, 3.8) is 0 Å². The average molecular weight is 511 g/mol. The molecule has 1 N–H and O–H groups in total. The van der Waals surface area contributed by atoms with E-state index in [1.54, 1.807) is 0 Å². The number of aliphatic imine (C=N–C) groups is 1. The van der Waals surface area contributed by atoms with Crippen LogP contribution in [0.1, 0.15) is 36.3 Å². The van der Waals surface area contributed by atoms with Crippen molar-refractivity contribution in [3.8, 4) is 0 Å². The van der Waals surface area contributed by atoms with Crippen LogP contribution in [0.2, 0.25) is 0 Å². The first-order valence-electron chi connectivity index (χ1n) is 10.3. The number of likely N-dealkylation sites (tertiary alicyclic amines) is 1. The number of nitrogens with one attached hydrogen (secondary N) is 1. The van der Waals surface area contributed by atoms with Gasteiger partial charge in [0.15, 0.2) is 5.96 Å². The first-order chi connectivity index (χ1) is 13.8. The molecule has 0 spiro atoms. The topological polar surface area (TPSA) is 54.7 Å². The summed E-state index contributed by atoms with van der Waals surface area (Å²) < 4.78 is 7.64. The van der Waals surface area contributed by atoms with Gasteiger partial charge < -0.3 is 15.0 Å². The Morgan fingerprint density at radius 3 is 2.79 bits per heavy atom. The second-order valence-corrected chi connectivity index (χ2v) is 7.41. The summed E-state index contributed by atoms with van der Waals surface area (Å²) in [5.74, 6) is 1.56. The third-order valence-electron chi connectivity index (χ3n) is 5.27. The van der Waals surface area contributed by atoms with E-state index in [1.165, 1.54) is 11.1 Å². The molecule has 160 valence electrons. The van der Waals surface area contributed by atoms with Crippen molar-refractivity contribution in [2.24, 2.45) is 12.0 Å². The number of guanidine groups is 1. The molecule has 7 heteroatoms. The highest BCUT2D eigenvalue weighted by molar-refractivity contribution is 14.0. The Morgan fingerprint density at radius 2 is 2.07 bits per heavy atom. The zero-order valence-electron chi connectivity index (χ0n) is 17.6. The van der Waals surface area contributed by atoms with Crippen molar-refractivity contribution in [2.75, 3.05) is 39.9 Å². The van der Waals surface area contributed by atoms with Gasteiger partial charge >= 0.3 is 0 Å². The zero-order chi connectivity index (χ0) is 19.6. The van der Waals surface area contributed by atoms with E-state index < -0.39 is 0 Å². The van der Waals surface area contributed by atoms with Crippen molar-refractivity contribution < 1.29 is 4.74 Å². The lowest BCUT2D eigenvalue weighted by Crippen LogP contribution is -2.40. The van der Waals surface area contributed by atoms with Crippen LogP contribution in [0, 0.1) is 0 Å². The van der Waals surface area contributed by atoms with Gasteiger partial charge in [0.1, 0.15) is 0 Å². The zero-order valence-corrected chi connectivity index (χ0v) is 19.9. The molecule has 2 aromatic rings. The minimum Gasteiger partial charge on any atom is -0.381 e. The molecule has 0 saturated carbocycles. The summed E-state index contributed by atoms with van der Waals surface area (Å²) in [6.07, 6.45) is 8.41. The molecule has 2 heterocycles. The van der Waals surface area contributed by atoms with Gasteiger partial charge in [-0.1, -0.05) is 30.3 Å². The monoisotopic (exact) mass is 511 g/mol. The van der Waals surface area contributed by atoms with Gasteiger partial charge in [0, 0.05) is 52.5 Å². The Hall–Kier alpha value is -1.61. The van der Waals surface area contributed by atoms with Gasteiger partial charge in [-0.2, -0.15) is 5.10 Å². The van der Waals surface area contributed by atoms with Crippen LogP contribution in [0.15, 0.2) is 47.7 Å². The van der Waals surface area contributed by atoms with E-state index in [0.717, 1.165) is 64.5 Å². The van der Waals surface area contributed by atoms with E-state index >= 15 is 0 Å². The van der Waals surface area contributed by atoms with Gasteiger partial charge in [-0.15, -0.1) is 24.0 Å². The number of aryl methyl sites for hydroxylation is 1. The van der Waals surface area contributed by atoms with Crippen molar-refractivity contribution in [2.45, 2.75) is 31.6 Å². The fourth-order valence-electron chi connectivity index (χ4n) is 3.67. The molecule has 3 rings (SSSR count). The summed E-state index contributed by atoms with van der Waals surface area (Å²) in [6, 6.07) is 10.5. The average Bonchev–Trinajstić information content (AvgIpc) is 3.37. The number of benzene rings is 1. The molecule has 0 aliphatic carbocycles. The fourth-order valence-corrected chi connectivity index (χ4v) is 3.67. The van der Waals surface area contributed by atoms with Crippen LogP contribution < -0.4 is 5.32 Å². The summed E-state index contributed by atoms with van der Waals surface area (Å²) >= 11 is 0. The molecule has 1 unspecified atom stereocenters. The molecule has 0 radical (unpaired) electrons. The summed E-state index contributed by atoms with van der Waals surface area (Å²) in [6.45, 7) is 4.60. The summed E-state index contributed by atoms with van der Waals surface area (Å²) in [5, 5.41) is 7.80. The number of hydrogen-bond acceptors (Lipinski definition) is 3. The quantitative estimate of drug-likeness (QED) is 0.243. The molecule has 1 fully saturated rings. The van der Waals surface area contributed by atoms with E-state index in [-0.39, 0.29) is 24.0 Å². The number of hydrogen-bond donors (Lipinski definition) is 1. The van der Waals surface area contributed by atoms with Crippen LogP contribution in [0.25, 0.3) is 0 Å². The van der Waals surface area contributed by atoms with Crippen LogP contribution >= 0.6 is 24.0 Å². The highest BCUT2D eigenvalue weighted by Gasteiger charge is 2.26. The molecule has 1 aliphatic rings. The van der Waals surface area contributed by atoms with E-state index in [4.69, 9.17) is 4.74 Å². The molecule has 6 nitrogen and oxygen atoms in total. The van der Waals surface area contributed by atoms with Gasteiger partial charge in [-0.25, -0.2) is 0 Å². The van der Waals surface area contributed by atoms with Crippen LogP contribution in [0.3, 0.4) is 0 Å². The predicted molar refractivity (Wildman–Crippen MR) is 129 cm³/mol. The van der Waals surface area contributed by atoms with Crippen molar-refractivity contribution in [1.29, 1.82) is 0 Å². The molecular formula is C22H34IN5O. The summed E-state index contributed by atoms with van der Waals surface area (Å²) in [5.41, 5.74) is 2.66. The lowest BCUT2D eigenvalue weighted by atomic mass is 10.0. The Labute approximate surface area is 191 Å². The van der Waals surface area contributed by atoms with E-state index in [9.17, 15) is 0 Å². The van der Waals surface area contributed by atoms with E-state index in [0.29, 0.717) is 5.92 Å². The summed E-state index contributed by atoms with van der Waals surface area (Å²) in [7, 11) is 3.84. The van der Waals surface area contributed by atoms with Gasteiger partial charge in [0.2, 0.25) is 0 Å². The third kappa shape index (κ3) is 7.62. The molecule has 1 aromatic carbocycles. The SMILES string of the molecule is CN=C(NCCCCOCCc1ccccc1)N1CCC(c2cnn(C)c2)C1.I.